The Morgan fingerprint density at radius 1 is 1.29 bits per heavy atom. The van der Waals surface area contributed by atoms with Crippen LogP contribution in [0.15, 0.2) is 12.1 Å². The van der Waals surface area contributed by atoms with Gasteiger partial charge in [-0.25, -0.2) is 4.79 Å². The molecule has 130 valence electrons. The van der Waals surface area contributed by atoms with Crippen LogP contribution in [-0.4, -0.2) is 17.1 Å². The van der Waals surface area contributed by atoms with Crippen LogP contribution in [0, 0.1) is 23.7 Å². The summed E-state index contributed by atoms with van der Waals surface area (Å²) in [7, 11) is 0. The van der Waals surface area contributed by atoms with Gasteiger partial charge in [0.15, 0.2) is 0 Å². The molecule has 1 aromatic rings. The maximum atomic E-state index is 11.8. The molecule has 4 heteroatoms. The lowest BCUT2D eigenvalue weighted by Crippen LogP contribution is -2.45. The number of anilines is 1. The fourth-order valence-electron chi connectivity index (χ4n) is 6.03. The minimum Gasteiger partial charge on any atom is -0.478 e. The van der Waals surface area contributed by atoms with E-state index in [1.807, 2.05) is 6.07 Å². The molecule has 0 aromatic heterocycles. The van der Waals surface area contributed by atoms with Gasteiger partial charge < -0.3 is 10.4 Å². The number of hydrogen-bond acceptors (Lipinski definition) is 2. The van der Waals surface area contributed by atoms with Crippen LogP contribution in [0.2, 0.25) is 5.02 Å². The van der Waals surface area contributed by atoms with E-state index in [2.05, 4.69) is 19.2 Å². The SMILES string of the molecule is CCC(CC)[C@H]1Nc2c(C(=O)O)cc(Cl)cc2[C@H]2[C@H]3CC[C@H](C3)[C@H]21. The zero-order valence-corrected chi connectivity index (χ0v) is 15.1. The summed E-state index contributed by atoms with van der Waals surface area (Å²) >= 11 is 6.28. The van der Waals surface area contributed by atoms with Crippen molar-refractivity contribution < 1.29 is 9.90 Å². The van der Waals surface area contributed by atoms with Gasteiger partial charge in [-0.3, -0.25) is 0 Å². The molecule has 3 nitrogen and oxygen atoms in total. The quantitative estimate of drug-likeness (QED) is 0.766. The lowest BCUT2D eigenvalue weighted by atomic mass is 9.65. The second-order valence-corrected chi connectivity index (χ2v) is 8.34. The summed E-state index contributed by atoms with van der Waals surface area (Å²) in [6.07, 6.45) is 6.21. The Hall–Kier alpha value is -1.22. The first-order valence-electron chi connectivity index (χ1n) is 9.38. The topological polar surface area (TPSA) is 49.3 Å². The number of hydrogen-bond donors (Lipinski definition) is 2. The van der Waals surface area contributed by atoms with Crippen molar-refractivity contribution in [1.82, 2.24) is 0 Å². The molecule has 24 heavy (non-hydrogen) atoms. The van der Waals surface area contributed by atoms with Crippen molar-refractivity contribution in [2.24, 2.45) is 23.7 Å². The lowest BCUT2D eigenvalue weighted by Gasteiger charge is -2.46. The summed E-state index contributed by atoms with van der Waals surface area (Å²) in [6, 6.07) is 4.03. The van der Waals surface area contributed by atoms with Gasteiger partial charge in [-0.1, -0.05) is 38.3 Å². The van der Waals surface area contributed by atoms with E-state index in [0.717, 1.165) is 24.4 Å². The highest BCUT2D eigenvalue weighted by molar-refractivity contribution is 6.31. The smallest absolute Gasteiger partial charge is 0.337 e. The molecule has 2 fully saturated rings. The Morgan fingerprint density at radius 2 is 2.00 bits per heavy atom. The first kappa shape index (κ1) is 16.3. The fourth-order valence-corrected chi connectivity index (χ4v) is 6.25. The molecule has 0 unspecified atom stereocenters. The first-order valence-corrected chi connectivity index (χ1v) is 9.76. The van der Waals surface area contributed by atoms with Crippen LogP contribution in [-0.2, 0) is 0 Å². The van der Waals surface area contributed by atoms with E-state index in [4.69, 9.17) is 11.6 Å². The van der Waals surface area contributed by atoms with Crippen LogP contribution in [0.1, 0.15) is 67.8 Å². The molecular formula is C20H26ClNO2. The van der Waals surface area contributed by atoms with Gasteiger partial charge in [0.2, 0.25) is 0 Å². The van der Waals surface area contributed by atoms with Crippen LogP contribution in [0.3, 0.4) is 0 Å². The molecule has 1 heterocycles. The fraction of sp³-hybridized carbons (Fsp3) is 0.650. The largest absolute Gasteiger partial charge is 0.478 e. The van der Waals surface area contributed by atoms with Gasteiger partial charge in [0, 0.05) is 11.1 Å². The maximum absolute atomic E-state index is 11.8. The molecule has 1 aliphatic heterocycles. The molecule has 0 saturated heterocycles. The van der Waals surface area contributed by atoms with Gasteiger partial charge in [-0.05, 0) is 66.5 Å². The van der Waals surface area contributed by atoms with Gasteiger partial charge in [0.1, 0.15) is 0 Å². The third-order valence-electron chi connectivity index (χ3n) is 6.99. The molecule has 4 rings (SSSR count). The predicted octanol–water partition coefficient (Wildman–Crippen LogP) is 5.40. The minimum absolute atomic E-state index is 0.342. The maximum Gasteiger partial charge on any atom is 0.337 e. The normalized spacial score (nSPS) is 33.2. The van der Waals surface area contributed by atoms with Gasteiger partial charge >= 0.3 is 5.97 Å². The number of carboxylic acid groups (broad SMARTS) is 1. The van der Waals surface area contributed by atoms with Crippen LogP contribution in [0.25, 0.3) is 0 Å². The van der Waals surface area contributed by atoms with Crippen molar-refractivity contribution in [2.75, 3.05) is 5.32 Å². The highest BCUT2D eigenvalue weighted by atomic mass is 35.5. The number of rotatable bonds is 4. The highest BCUT2D eigenvalue weighted by Gasteiger charge is 2.54. The molecule has 0 amide bonds. The molecular weight excluding hydrogens is 322 g/mol. The van der Waals surface area contributed by atoms with Crippen molar-refractivity contribution in [2.45, 2.75) is 57.9 Å². The number of halogens is 1. The third kappa shape index (κ3) is 2.28. The van der Waals surface area contributed by atoms with E-state index in [1.165, 1.54) is 24.8 Å². The zero-order chi connectivity index (χ0) is 17.0. The van der Waals surface area contributed by atoms with E-state index < -0.39 is 5.97 Å². The van der Waals surface area contributed by atoms with Crippen LogP contribution in [0.4, 0.5) is 5.69 Å². The van der Waals surface area contributed by atoms with E-state index in [9.17, 15) is 9.90 Å². The summed E-state index contributed by atoms with van der Waals surface area (Å²) < 4.78 is 0. The second kappa shape index (κ2) is 5.94. The summed E-state index contributed by atoms with van der Waals surface area (Å²) in [5.41, 5.74) is 2.35. The Kier molecular flexibility index (Phi) is 4.03. The standard InChI is InChI=1S/C20H26ClNO2/c1-3-10(4-2)18-17-12-6-5-11(7-12)16(17)14-8-13(21)9-15(20(23)24)19(14)22-18/h8-12,16-18,22H,3-7H2,1-2H3,(H,23,24)/t11-,12+,16+,17+,18+/m0/s1. The Morgan fingerprint density at radius 3 is 2.67 bits per heavy atom. The van der Waals surface area contributed by atoms with Gasteiger partial charge in [-0.15, -0.1) is 0 Å². The highest BCUT2D eigenvalue weighted by Crippen LogP contribution is 2.62. The number of nitrogens with one attached hydrogen (secondary N) is 1. The molecule has 0 radical (unpaired) electrons. The summed E-state index contributed by atoms with van der Waals surface area (Å²) in [6.45, 7) is 4.51. The molecule has 2 bridgehead atoms. The lowest BCUT2D eigenvalue weighted by molar-refractivity contribution is 0.0697. The van der Waals surface area contributed by atoms with Gasteiger partial charge in [0.25, 0.3) is 0 Å². The molecule has 1 aromatic carbocycles. The second-order valence-electron chi connectivity index (χ2n) is 7.91. The van der Waals surface area contributed by atoms with Crippen LogP contribution < -0.4 is 5.32 Å². The van der Waals surface area contributed by atoms with Crippen molar-refractivity contribution in [3.05, 3.63) is 28.3 Å². The Labute approximate surface area is 148 Å². The minimum atomic E-state index is -0.883. The average Bonchev–Trinajstić information content (AvgIpc) is 3.17. The first-order chi connectivity index (χ1) is 11.5. The Bertz CT molecular complexity index is 670. The van der Waals surface area contributed by atoms with Crippen molar-refractivity contribution in [1.29, 1.82) is 0 Å². The van der Waals surface area contributed by atoms with E-state index in [1.54, 1.807) is 6.07 Å². The van der Waals surface area contributed by atoms with E-state index in [-0.39, 0.29) is 0 Å². The van der Waals surface area contributed by atoms with E-state index >= 15 is 0 Å². The van der Waals surface area contributed by atoms with Crippen molar-refractivity contribution in [3.8, 4) is 0 Å². The van der Waals surface area contributed by atoms with Crippen LogP contribution in [0.5, 0.6) is 0 Å². The number of carboxylic acids is 1. The number of benzene rings is 1. The summed E-state index contributed by atoms with van der Waals surface area (Å²) in [5, 5.41) is 13.9. The Balaban J connectivity index is 1.86. The summed E-state index contributed by atoms with van der Waals surface area (Å²) in [4.78, 5) is 11.8. The average molecular weight is 348 g/mol. The molecule has 2 N–H and O–H groups in total. The van der Waals surface area contributed by atoms with Crippen LogP contribution >= 0.6 is 11.6 Å². The number of carbonyl (C=O) groups is 1. The predicted molar refractivity (Wildman–Crippen MR) is 97.0 cm³/mol. The van der Waals surface area contributed by atoms with Crippen molar-refractivity contribution >= 4 is 23.3 Å². The monoisotopic (exact) mass is 347 g/mol. The number of fused-ring (bicyclic) bond motifs is 7. The van der Waals surface area contributed by atoms with Crippen molar-refractivity contribution in [3.63, 3.8) is 0 Å². The number of aromatic carboxylic acids is 1. The van der Waals surface area contributed by atoms with Gasteiger partial charge in [0.05, 0.1) is 11.3 Å². The third-order valence-corrected chi connectivity index (χ3v) is 7.20. The summed E-state index contributed by atoms with van der Waals surface area (Å²) in [5.74, 6) is 2.34. The molecule has 3 aliphatic rings. The van der Waals surface area contributed by atoms with E-state index in [0.29, 0.717) is 40.3 Å². The zero-order valence-electron chi connectivity index (χ0n) is 14.4. The molecule has 2 saturated carbocycles. The molecule has 5 atom stereocenters. The molecule has 2 aliphatic carbocycles. The van der Waals surface area contributed by atoms with Gasteiger partial charge in [-0.2, -0.15) is 0 Å². The molecule has 0 spiro atoms.